The van der Waals surface area contributed by atoms with Crippen LogP contribution in [-0.4, -0.2) is 55.4 Å². The van der Waals surface area contributed by atoms with Gasteiger partial charge in [0.25, 0.3) is 0 Å². The van der Waals surface area contributed by atoms with Gasteiger partial charge in [-0.3, -0.25) is 10.1 Å². The van der Waals surface area contributed by atoms with E-state index in [2.05, 4.69) is 25.5 Å². The van der Waals surface area contributed by atoms with Crippen molar-refractivity contribution in [3.63, 3.8) is 0 Å². The third-order valence-electron chi connectivity index (χ3n) is 5.27. The Morgan fingerprint density at radius 2 is 1.83 bits per heavy atom. The van der Waals surface area contributed by atoms with Crippen LogP contribution >= 0.6 is 11.6 Å². The van der Waals surface area contributed by atoms with Crippen molar-refractivity contribution in [3.05, 3.63) is 57.5 Å². The molecule has 0 spiro atoms. The first kappa shape index (κ1) is 24.2. The van der Waals surface area contributed by atoms with E-state index in [1.807, 2.05) is 18.2 Å². The number of rotatable bonds is 8. The number of aromatic nitrogens is 2. The van der Waals surface area contributed by atoms with Crippen LogP contribution in [0.1, 0.15) is 0 Å². The molecule has 0 bridgehead atoms. The highest BCUT2D eigenvalue weighted by Gasteiger charge is 2.20. The fourth-order valence-electron chi connectivity index (χ4n) is 3.51. The maximum Gasteiger partial charge on any atom is 0.307 e. The number of nitrogens with one attached hydrogen (secondary N) is 2. The normalized spacial score (nSPS) is 13.3. The van der Waals surface area contributed by atoms with Crippen LogP contribution in [0.5, 0.6) is 11.5 Å². The Balaban J connectivity index is 1.60. The minimum absolute atomic E-state index is 0.0431. The predicted octanol–water partition coefficient (Wildman–Crippen LogP) is 4.52. The van der Waals surface area contributed by atoms with Crippen LogP contribution in [0.15, 0.2) is 36.5 Å². The molecule has 1 aliphatic rings. The third-order valence-corrected chi connectivity index (χ3v) is 5.55. The molecule has 1 fully saturated rings. The van der Waals surface area contributed by atoms with Crippen LogP contribution < -0.4 is 25.0 Å². The Labute approximate surface area is 204 Å². The molecule has 0 saturated carbocycles. The summed E-state index contributed by atoms with van der Waals surface area (Å²) in [4.78, 5) is 21.0. The van der Waals surface area contributed by atoms with Crippen molar-refractivity contribution in [1.82, 2.24) is 9.97 Å². The molecule has 2 aromatic carbocycles. The molecule has 0 radical (unpaired) electrons. The number of anilines is 5. The molecule has 184 valence electrons. The van der Waals surface area contributed by atoms with Gasteiger partial charge in [0.1, 0.15) is 16.5 Å². The Hall–Kier alpha value is -3.90. The van der Waals surface area contributed by atoms with Gasteiger partial charge in [0.15, 0.2) is 5.82 Å². The van der Waals surface area contributed by atoms with Crippen molar-refractivity contribution in [3.8, 4) is 11.5 Å². The number of hydrogen-bond donors (Lipinski definition) is 2. The van der Waals surface area contributed by atoms with Crippen LogP contribution in [0, 0.1) is 15.9 Å². The summed E-state index contributed by atoms with van der Waals surface area (Å²) in [5.41, 5.74) is 1.01. The van der Waals surface area contributed by atoms with Crippen molar-refractivity contribution < 1.29 is 23.5 Å². The van der Waals surface area contributed by atoms with Crippen molar-refractivity contribution in [2.24, 2.45) is 0 Å². The van der Waals surface area contributed by atoms with Gasteiger partial charge < -0.3 is 29.7 Å². The molecule has 1 saturated heterocycles. The van der Waals surface area contributed by atoms with Gasteiger partial charge in [-0.2, -0.15) is 9.37 Å². The van der Waals surface area contributed by atoms with Crippen molar-refractivity contribution in [2.45, 2.75) is 0 Å². The van der Waals surface area contributed by atoms with Crippen molar-refractivity contribution in [1.29, 1.82) is 0 Å². The van der Waals surface area contributed by atoms with E-state index in [-0.39, 0.29) is 28.2 Å². The maximum absolute atomic E-state index is 14.0. The minimum Gasteiger partial charge on any atom is -0.494 e. The molecule has 11 nitrogen and oxygen atoms in total. The minimum atomic E-state index is -1.02. The van der Waals surface area contributed by atoms with Crippen LogP contribution in [0.2, 0.25) is 5.02 Å². The van der Waals surface area contributed by atoms with Gasteiger partial charge >= 0.3 is 5.69 Å². The molecule has 0 unspecified atom stereocenters. The molecule has 1 aromatic heterocycles. The van der Waals surface area contributed by atoms with E-state index in [1.165, 1.54) is 13.3 Å². The smallest absolute Gasteiger partial charge is 0.307 e. The first-order valence-electron chi connectivity index (χ1n) is 10.5. The van der Waals surface area contributed by atoms with E-state index in [1.54, 1.807) is 7.11 Å². The molecular formula is C22H22ClFN6O5. The molecule has 35 heavy (non-hydrogen) atoms. The van der Waals surface area contributed by atoms with Gasteiger partial charge in [-0.15, -0.1) is 0 Å². The topological polar surface area (TPSA) is 124 Å². The molecule has 0 amide bonds. The highest BCUT2D eigenvalue weighted by Crippen LogP contribution is 2.36. The molecule has 0 atom stereocenters. The number of morpholine rings is 1. The fraction of sp³-hybridized carbons (Fsp3) is 0.273. The zero-order chi connectivity index (χ0) is 24.9. The second-order valence-corrected chi connectivity index (χ2v) is 7.79. The molecule has 0 aliphatic carbocycles. The Kier molecular flexibility index (Phi) is 7.32. The van der Waals surface area contributed by atoms with Crippen LogP contribution in [0.25, 0.3) is 0 Å². The number of hydrogen-bond acceptors (Lipinski definition) is 10. The monoisotopic (exact) mass is 504 g/mol. The number of halogens is 2. The van der Waals surface area contributed by atoms with Gasteiger partial charge in [0.05, 0.1) is 49.9 Å². The number of nitro groups is 1. The third kappa shape index (κ3) is 5.44. The summed E-state index contributed by atoms with van der Waals surface area (Å²) in [5, 5.41) is 17.3. The lowest BCUT2D eigenvalue weighted by Gasteiger charge is -2.29. The molecule has 2 heterocycles. The largest absolute Gasteiger partial charge is 0.494 e. The predicted molar refractivity (Wildman–Crippen MR) is 129 cm³/mol. The quantitative estimate of drug-likeness (QED) is 0.334. The van der Waals surface area contributed by atoms with E-state index >= 15 is 0 Å². The van der Waals surface area contributed by atoms with E-state index in [0.29, 0.717) is 24.7 Å². The summed E-state index contributed by atoms with van der Waals surface area (Å²) in [7, 11) is 2.88. The van der Waals surface area contributed by atoms with Gasteiger partial charge in [-0.25, -0.2) is 4.98 Å². The molecule has 3 aromatic rings. The average molecular weight is 505 g/mol. The van der Waals surface area contributed by atoms with Gasteiger partial charge in [0.2, 0.25) is 11.8 Å². The summed E-state index contributed by atoms with van der Waals surface area (Å²) in [6.07, 6.45) is 1.36. The van der Waals surface area contributed by atoms with Gasteiger partial charge in [-0.05, 0) is 12.1 Å². The second kappa shape index (κ2) is 10.6. The summed E-state index contributed by atoms with van der Waals surface area (Å²) in [6, 6.07) is 7.63. The number of methoxy groups -OCH3 is 2. The molecule has 2 N–H and O–H groups in total. The Morgan fingerprint density at radius 1 is 1.11 bits per heavy atom. The number of nitro benzene ring substituents is 1. The van der Waals surface area contributed by atoms with Crippen molar-refractivity contribution in [2.75, 3.05) is 56.1 Å². The highest BCUT2D eigenvalue weighted by atomic mass is 35.5. The number of ether oxygens (including phenoxy) is 3. The Morgan fingerprint density at radius 3 is 2.51 bits per heavy atom. The van der Waals surface area contributed by atoms with E-state index in [4.69, 9.17) is 25.8 Å². The van der Waals surface area contributed by atoms with Gasteiger partial charge in [0, 0.05) is 37.0 Å². The summed E-state index contributed by atoms with van der Waals surface area (Å²) in [6.45, 7) is 2.90. The second-order valence-electron chi connectivity index (χ2n) is 7.39. The van der Waals surface area contributed by atoms with Gasteiger partial charge in [-0.1, -0.05) is 11.6 Å². The lowest BCUT2D eigenvalue weighted by Crippen LogP contribution is -2.36. The van der Waals surface area contributed by atoms with Crippen LogP contribution in [0.4, 0.5) is 38.9 Å². The Bertz CT molecular complexity index is 1240. The summed E-state index contributed by atoms with van der Waals surface area (Å²) in [5.74, 6) is -0.0860. The molecule has 1 aliphatic heterocycles. The maximum atomic E-state index is 14.0. The lowest BCUT2D eigenvalue weighted by atomic mass is 10.2. The van der Waals surface area contributed by atoms with E-state index in [9.17, 15) is 14.5 Å². The first-order chi connectivity index (χ1) is 16.9. The van der Waals surface area contributed by atoms with Crippen LogP contribution in [-0.2, 0) is 4.74 Å². The molecule has 4 rings (SSSR count). The summed E-state index contributed by atoms with van der Waals surface area (Å²) < 4.78 is 30.0. The first-order valence-corrected chi connectivity index (χ1v) is 10.9. The molecular weight excluding hydrogens is 483 g/mol. The fourth-order valence-corrected chi connectivity index (χ4v) is 3.65. The average Bonchev–Trinajstić information content (AvgIpc) is 2.87. The standard InChI is InChI=1S/C22H22ClFN6O5/c1-33-19-9-13(29-5-7-35-8-6-29)3-4-16(19)26-21-14(23)12-25-22(28-21)27-17-11-18(30(31)32)15(24)10-20(17)34-2/h3-4,9-12H,5-8H2,1-2H3,(H2,25,26,27,28). The zero-order valence-corrected chi connectivity index (χ0v) is 19.6. The highest BCUT2D eigenvalue weighted by molar-refractivity contribution is 6.33. The number of nitrogens with zero attached hydrogens (tertiary/aromatic N) is 4. The molecule has 13 heteroatoms. The van der Waals surface area contributed by atoms with Crippen molar-refractivity contribution >= 4 is 46.1 Å². The SMILES string of the molecule is COc1cc(F)c([N+](=O)[O-])cc1Nc1ncc(Cl)c(Nc2ccc(N3CCOCC3)cc2OC)n1. The van der Waals surface area contributed by atoms with E-state index < -0.39 is 16.4 Å². The van der Waals surface area contributed by atoms with Crippen LogP contribution in [0.3, 0.4) is 0 Å². The van der Waals surface area contributed by atoms with E-state index in [0.717, 1.165) is 30.9 Å². The lowest BCUT2D eigenvalue weighted by molar-refractivity contribution is -0.387. The summed E-state index contributed by atoms with van der Waals surface area (Å²) >= 11 is 6.30. The number of benzene rings is 2. The zero-order valence-electron chi connectivity index (χ0n) is 18.9.